The minimum atomic E-state index is 0.398. The van der Waals surface area contributed by atoms with Gasteiger partial charge < -0.3 is 16.4 Å². The number of aromatic nitrogens is 3. The molecular formula is C20H17ClN6. The van der Waals surface area contributed by atoms with Crippen LogP contribution in [-0.2, 0) is 0 Å². The van der Waals surface area contributed by atoms with Gasteiger partial charge >= 0.3 is 0 Å². The smallest absolute Gasteiger partial charge is 0.159 e. The Hall–Kier alpha value is -3.38. The highest BCUT2D eigenvalue weighted by Crippen LogP contribution is 2.32. The number of hydrogen-bond donors (Lipinski definition) is 3. The average molecular weight is 377 g/mol. The van der Waals surface area contributed by atoms with Crippen molar-refractivity contribution >= 4 is 51.2 Å². The molecule has 4 N–H and O–H groups in total. The van der Waals surface area contributed by atoms with E-state index >= 15 is 0 Å². The molecule has 0 aliphatic heterocycles. The molecule has 134 valence electrons. The van der Waals surface area contributed by atoms with E-state index < -0.39 is 0 Å². The third kappa shape index (κ3) is 3.47. The van der Waals surface area contributed by atoms with Gasteiger partial charge in [0, 0.05) is 16.8 Å². The van der Waals surface area contributed by atoms with Crippen molar-refractivity contribution in [2.75, 3.05) is 16.4 Å². The topological polar surface area (TPSA) is 88.8 Å². The number of nitrogens with zero attached hydrogens (tertiary/aromatic N) is 3. The first-order valence-corrected chi connectivity index (χ1v) is 8.75. The summed E-state index contributed by atoms with van der Waals surface area (Å²) < 4.78 is 0. The third-order valence-electron chi connectivity index (χ3n) is 4.14. The Morgan fingerprint density at radius 3 is 2.33 bits per heavy atom. The molecule has 0 aliphatic rings. The molecule has 0 aliphatic carbocycles. The predicted molar refractivity (Wildman–Crippen MR) is 111 cm³/mol. The van der Waals surface area contributed by atoms with E-state index in [0.717, 1.165) is 28.0 Å². The average Bonchev–Trinajstić information content (AvgIpc) is 2.66. The lowest BCUT2D eigenvalue weighted by Crippen LogP contribution is -2.05. The summed E-state index contributed by atoms with van der Waals surface area (Å²) in [5.41, 5.74) is 10.1. The Bertz CT molecular complexity index is 1130. The lowest BCUT2D eigenvalue weighted by atomic mass is 10.1. The van der Waals surface area contributed by atoms with Crippen molar-refractivity contribution in [2.24, 2.45) is 0 Å². The van der Waals surface area contributed by atoms with Crippen LogP contribution in [0, 0.1) is 6.92 Å². The van der Waals surface area contributed by atoms with Crippen molar-refractivity contribution in [1.82, 2.24) is 15.0 Å². The number of benzene rings is 2. The quantitative estimate of drug-likeness (QED) is 0.461. The normalized spacial score (nSPS) is 10.7. The molecule has 6 nitrogen and oxygen atoms in total. The molecule has 2 aromatic heterocycles. The first-order valence-electron chi connectivity index (χ1n) is 8.37. The maximum atomic E-state index is 6.29. The molecule has 27 heavy (non-hydrogen) atoms. The molecule has 7 heteroatoms. The van der Waals surface area contributed by atoms with Crippen molar-refractivity contribution in [3.05, 3.63) is 71.6 Å². The lowest BCUT2D eigenvalue weighted by molar-refractivity contribution is 1.17. The Balaban J connectivity index is 1.69. The summed E-state index contributed by atoms with van der Waals surface area (Å²) in [5.74, 6) is 0.988. The van der Waals surface area contributed by atoms with Crippen LogP contribution < -0.4 is 16.4 Å². The lowest BCUT2D eigenvalue weighted by Gasteiger charge is -2.14. The van der Waals surface area contributed by atoms with Gasteiger partial charge in [-0.15, -0.1) is 0 Å². The molecule has 0 radical (unpaired) electrons. The van der Waals surface area contributed by atoms with Gasteiger partial charge in [0.05, 0.1) is 16.2 Å². The second-order valence-electron chi connectivity index (χ2n) is 6.04. The summed E-state index contributed by atoms with van der Waals surface area (Å²) in [6, 6.07) is 17.3. The van der Waals surface area contributed by atoms with E-state index in [1.165, 1.54) is 6.33 Å². The summed E-state index contributed by atoms with van der Waals surface area (Å²) >= 11 is 6.20. The minimum absolute atomic E-state index is 0.398. The first kappa shape index (κ1) is 17.1. The van der Waals surface area contributed by atoms with Crippen LogP contribution in [0.25, 0.3) is 10.9 Å². The van der Waals surface area contributed by atoms with E-state index in [0.29, 0.717) is 22.3 Å². The van der Waals surface area contributed by atoms with Gasteiger partial charge in [-0.05, 0) is 43.3 Å². The van der Waals surface area contributed by atoms with Crippen molar-refractivity contribution in [3.63, 3.8) is 0 Å². The molecule has 0 unspecified atom stereocenters. The molecule has 0 fully saturated rings. The third-order valence-corrected chi connectivity index (χ3v) is 4.46. The molecule has 0 bridgehead atoms. The fourth-order valence-corrected chi connectivity index (χ4v) is 2.96. The van der Waals surface area contributed by atoms with Gasteiger partial charge in [-0.2, -0.15) is 0 Å². The zero-order valence-corrected chi connectivity index (χ0v) is 15.3. The standard InChI is InChI=1S/C20H17ClN6/c1-12-9-10-13-15(25-12)7-4-8-16(13)26-19-18(22)20(24-11-23-19)27-17-6-3-2-5-14(17)21/h2-11H,22H2,1H3,(H2,23,24,26,27). The number of halogens is 1. The van der Waals surface area contributed by atoms with Crippen LogP contribution in [0.1, 0.15) is 5.69 Å². The molecule has 2 aromatic carbocycles. The number of aryl methyl sites for hydroxylation is 1. The van der Waals surface area contributed by atoms with Crippen molar-refractivity contribution in [3.8, 4) is 0 Å². The van der Waals surface area contributed by atoms with E-state index in [-0.39, 0.29) is 0 Å². The summed E-state index contributed by atoms with van der Waals surface area (Å²) in [7, 11) is 0. The Morgan fingerprint density at radius 2 is 1.56 bits per heavy atom. The fourth-order valence-electron chi connectivity index (χ4n) is 2.78. The molecule has 0 amide bonds. The zero-order valence-electron chi connectivity index (χ0n) is 14.6. The van der Waals surface area contributed by atoms with Gasteiger partial charge in [0.15, 0.2) is 11.6 Å². The fraction of sp³-hybridized carbons (Fsp3) is 0.0500. The Kier molecular flexibility index (Phi) is 4.48. The van der Waals surface area contributed by atoms with Crippen LogP contribution in [0.5, 0.6) is 0 Å². The van der Waals surface area contributed by atoms with E-state index in [1.807, 2.05) is 55.5 Å². The number of anilines is 5. The Morgan fingerprint density at radius 1 is 0.852 bits per heavy atom. The highest BCUT2D eigenvalue weighted by atomic mass is 35.5. The summed E-state index contributed by atoms with van der Waals surface area (Å²) in [6.07, 6.45) is 1.45. The molecule has 0 spiro atoms. The monoisotopic (exact) mass is 376 g/mol. The summed E-state index contributed by atoms with van der Waals surface area (Å²) in [6.45, 7) is 1.97. The van der Waals surface area contributed by atoms with Crippen molar-refractivity contribution < 1.29 is 0 Å². The second kappa shape index (κ2) is 7.09. The summed E-state index contributed by atoms with van der Waals surface area (Å²) in [5, 5.41) is 8.01. The van der Waals surface area contributed by atoms with Crippen LogP contribution in [0.4, 0.5) is 28.7 Å². The van der Waals surface area contributed by atoms with Crippen molar-refractivity contribution in [2.45, 2.75) is 6.92 Å². The maximum Gasteiger partial charge on any atom is 0.159 e. The zero-order chi connectivity index (χ0) is 18.8. The number of rotatable bonds is 4. The largest absolute Gasteiger partial charge is 0.393 e. The van der Waals surface area contributed by atoms with Gasteiger partial charge in [-0.3, -0.25) is 4.98 Å². The van der Waals surface area contributed by atoms with E-state index in [2.05, 4.69) is 25.6 Å². The highest BCUT2D eigenvalue weighted by molar-refractivity contribution is 6.33. The van der Waals surface area contributed by atoms with Crippen LogP contribution in [0.3, 0.4) is 0 Å². The number of nitrogens with two attached hydrogens (primary N) is 1. The number of nitrogens with one attached hydrogen (secondary N) is 2. The van der Waals surface area contributed by atoms with Crippen LogP contribution in [0.15, 0.2) is 60.9 Å². The number of para-hydroxylation sites is 1. The molecule has 0 saturated heterocycles. The van der Waals surface area contributed by atoms with Gasteiger partial charge in [0.2, 0.25) is 0 Å². The van der Waals surface area contributed by atoms with Gasteiger partial charge in [-0.1, -0.05) is 29.8 Å². The van der Waals surface area contributed by atoms with Gasteiger partial charge in [0.1, 0.15) is 12.0 Å². The van der Waals surface area contributed by atoms with E-state index in [9.17, 15) is 0 Å². The van der Waals surface area contributed by atoms with Crippen LogP contribution in [0.2, 0.25) is 5.02 Å². The second-order valence-corrected chi connectivity index (χ2v) is 6.45. The van der Waals surface area contributed by atoms with Gasteiger partial charge in [0.25, 0.3) is 0 Å². The molecule has 0 atom stereocenters. The number of nitrogen functional groups attached to an aromatic ring is 1. The van der Waals surface area contributed by atoms with Crippen molar-refractivity contribution in [1.29, 1.82) is 0 Å². The number of pyridine rings is 1. The Labute approximate surface area is 161 Å². The highest BCUT2D eigenvalue weighted by Gasteiger charge is 2.11. The summed E-state index contributed by atoms with van der Waals surface area (Å²) in [4.78, 5) is 13.1. The van der Waals surface area contributed by atoms with Crippen LogP contribution >= 0.6 is 11.6 Å². The molecular weight excluding hydrogens is 360 g/mol. The molecule has 2 heterocycles. The SMILES string of the molecule is Cc1ccc2c(Nc3ncnc(Nc4ccccc4Cl)c3N)cccc2n1. The van der Waals surface area contributed by atoms with E-state index in [1.54, 1.807) is 6.07 Å². The van der Waals surface area contributed by atoms with Gasteiger partial charge in [-0.25, -0.2) is 9.97 Å². The molecule has 4 aromatic rings. The van der Waals surface area contributed by atoms with Crippen LogP contribution in [-0.4, -0.2) is 15.0 Å². The molecule has 4 rings (SSSR count). The predicted octanol–water partition coefficient (Wildman–Crippen LogP) is 5.06. The number of fused-ring (bicyclic) bond motifs is 1. The van der Waals surface area contributed by atoms with E-state index in [4.69, 9.17) is 17.3 Å². The molecule has 0 saturated carbocycles. The minimum Gasteiger partial charge on any atom is -0.393 e. The number of hydrogen-bond acceptors (Lipinski definition) is 6. The maximum absolute atomic E-state index is 6.29. The first-order chi connectivity index (χ1) is 13.1.